The van der Waals surface area contributed by atoms with Crippen LogP contribution in [0.25, 0.3) is 0 Å². The number of sulfonamides is 2. The Kier molecular flexibility index (Phi) is 15.7. The highest BCUT2D eigenvalue weighted by Crippen LogP contribution is 2.24. The molecule has 2 aromatic rings. The number of carbonyl (C=O) groups excluding carboxylic acids is 4. The number of nitrogens with zero attached hydrogens (tertiary/aromatic N) is 2. The third-order valence-corrected chi connectivity index (χ3v) is 12.6. The van der Waals surface area contributed by atoms with E-state index in [-0.39, 0.29) is 21.7 Å². The molecule has 1 saturated carbocycles. The summed E-state index contributed by atoms with van der Waals surface area (Å²) < 4.78 is 53.3. The quantitative estimate of drug-likeness (QED) is 0.223. The molecule has 5 N–H and O–H groups in total. The van der Waals surface area contributed by atoms with E-state index in [9.17, 15) is 36.0 Å². The molecule has 0 spiro atoms. The molecule has 2 fully saturated rings. The normalized spacial score (nSPS) is 19.4. The molecule has 0 radical (unpaired) electrons. The van der Waals surface area contributed by atoms with E-state index in [4.69, 9.17) is 0 Å². The lowest BCUT2D eigenvalue weighted by molar-refractivity contribution is -0.123. The van der Waals surface area contributed by atoms with E-state index in [1.165, 1.54) is 29.2 Å². The standard InChI is InChI=1S/C24H34N4O5S.C14H21N3O3S/c1-4-21-17(3)15-28(22(21)29)24(31)25-14-13-18-7-11-20(12-8-18)34(32,33)27-23(30)26-19-9-5-16(2)6-10-19;1-12-6-8-13(9-7-12)21(19,20)16-14(18)15-17-10-4-2-3-5-11-17/h7-8,11-12,16,19H,4-6,9-10,13-15H2,1-3H3,(H,25,31)(H2,26,27,30);6-9H,2-5,10-11H2,1H3,(H2,15,16,18). The van der Waals surface area contributed by atoms with Crippen molar-refractivity contribution in [3.63, 3.8) is 0 Å². The maximum Gasteiger partial charge on any atom is 0.343 e. The second kappa shape index (κ2) is 19.9. The Hall–Kier alpha value is -4.48. The number of nitrogens with one attached hydrogen (secondary N) is 5. The first-order valence-electron chi connectivity index (χ1n) is 18.9. The average Bonchev–Trinajstić information content (AvgIpc) is 3.25. The summed E-state index contributed by atoms with van der Waals surface area (Å²) in [5, 5.41) is 7.26. The molecule has 0 bridgehead atoms. The Morgan fingerprint density at radius 3 is 1.85 bits per heavy atom. The van der Waals surface area contributed by atoms with Gasteiger partial charge in [-0.3, -0.25) is 15.1 Å². The lowest BCUT2D eigenvalue weighted by atomic mass is 9.87. The van der Waals surface area contributed by atoms with Crippen molar-refractivity contribution >= 4 is 44.0 Å². The van der Waals surface area contributed by atoms with Crippen molar-refractivity contribution in [2.24, 2.45) is 5.92 Å². The number of rotatable bonds is 10. The predicted molar refractivity (Wildman–Crippen MR) is 209 cm³/mol. The molecule has 1 aliphatic carbocycles. The Balaban J connectivity index is 0.000000274. The van der Waals surface area contributed by atoms with Gasteiger partial charge >= 0.3 is 18.1 Å². The molecule has 2 aromatic carbocycles. The van der Waals surface area contributed by atoms with Gasteiger partial charge in [0.2, 0.25) is 0 Å². The summed E-state index contributed by atoms with van der Waals surface area (Å²) in [5.74, 6) is 0.385. The van der Waals surface area contributed by atoms with Gasteiger partial charge < -0.3 is 10.6 Å². The molecule has 0 unspecified atom stereocenters. The van der Waals surface area contributed by atoms with Crippen molar-refractivity contribution in [1.82, 2.24) is 35.4 Å². The fourth-order valence-electron chi connectivity index (χ4n) is 6.66. The van der Waals surface area contributed by atoms with E-state index in [0.717, 1.165) is 81.2 Å². The number of hydrogen-bond acceptors (Lipinski definition) is 9. The summed E-state index contributed by atoms with van der Waals surface area (Å²) >= 11 is 0. The fraction of sp³-hybridized carbons (Fsp3) is 0.526. The van der Waals surface area contributed by atoms with Crippen LogP contribution in [0.4, 0.5) is 14.4 Å². The van der Waals surface area contributed by atoms with Crippen molar-refractivity contribution < 1.29 is 36.0 Å². The third-order valence-electron chi connectivity index (χ3n) is 9.94. The molecule has 17 heteroatoms. The first-order chi connectivity index (χ1) is 26.1. The zero-order valence-electron chi connectivity index (χ0n) is 32.1. The van der Waals surface area contributed by atoms with Crippen LogP contribution < -0.4 is 25.5 Å². The van der Waals surface area contributed by atoms with Gasteiger partial charge in [-0.05, 0) is 107 Å². The van der Waals surface area contributed by atoms with Crippen LogP contribution in [-0.2, 0) is 31.3 Å². The number of hydrazine groups is 1. The molecule has 2 heterocycles. The molecular formula is C38H55N7O8S2. The van der Waals surface area contributed by atoms with Crippen LogP contribution in [0.15, 0.2) is 69.5 Å². The molecule has 302 valence electrons. The highest BCUT2D eigenvalue weighted by molar-refractivity contribution is 7.90. The molecule has 3 aliphatic rings. The van der Waals surface area contributed by atoms with Crippen molar-refractivity contribution in [1.29, 1.82) is 0 Å². The second-order valence-electron chi connectivity index (χ2n) is 14.4. The van der Waals surface area contributed by atoms with E-state index in [2.05, 4.69) is 27.7 Å². The summed E-state index contributed by atoms with van der Waals surface area (Å²) in [4.78, 5) is 49.9. The summed E-state index contributed by atoms with van der Waals surface area (Å²) in [6, 6.07) is 10.6. The first kappa shape index (κ1) is 43.3. The molecule has 2 aliphatic heterocycles. The lowest BCUT2D eigenvalue weighted by Crippen LogP contribution is -2.49. The molecule has 5 rings (SSSR count). The summed E-state index contributed by atoms with van der Waals surface area (Å²) in [6.45, 7) is 9.89. The maximum atomic E-state index is 12.5. The molecule has 55 heavy (non-hydrogen) atoms. The Bertz CT molecular complexity index is 1900. The maximum absolute atomic E-state index is 12.5. The monoisotopic (exact) mass is 801 g/mol. The first-order valence-corrected chi connectivity index (χ1v) is 21.9. The zero-order valence-corrected chi connectivity index (χ0v) is 33.8. The van der Waals surface area contributed by atoms with Crippen molar-refractivity contribution in [3.8, 4) is 0 Å². The summed E-state index contributed by atoms with van der Waals surface area (Å²) in [5.41, 5.74) is 5.97. The Labute approximate surface area is 325 Å². The van der Waals surface area contributed by atoms with Crippen LogP contribution in [0.5, 0.6) is 0 Å². The minimum Gasteiger partial charge on any atom is -0.337 e. The van der Waals surface area contributed by atoms with Crippen LogP contribution in [0.1, 0.15) is 89.7 Å². The topological polar surface area (TPSA) is 203 Å². The molecule has 7 amide bonds. The van der Waals surface area contributed by atoms with Gasteiger partial charge in [-0.2, -0.15) is 0 Å². The van der Waals surface area contributed by atoms with Gasteiger partial charge in [0, 0.05) is 31.2 Å². The second-order valence-corrected chi connectivity index (χ2v) is 17.8. The van der Waals surface area contributed by atoms with Crippen LogP contribution >= 0.6 is 0 Å². The number of amides is 7. The Morgan fingerprint density at radius 2 is 1.31 bits per heavy atom. The number of hydrogen-bond donors (Lipinski definition) is 5. The van der Waals surface area contributed by atoms with Crippen LogP contribution in [0, 0.1) is 12.8 Å². The third kappa shape index (κ3) is 13.1. The van der Waals surface area contributed by atoms with Crippen LogP contribution in [0.2, 0.25) is 0 Å². The van der Waals surface area contributed by atoms with Gasteiger partial charge in [-0.25, -0.2) is 45.7 Å². The number of imide groups is 1. The fourth-order valence-corrected chi connectivity index (χ4v) is 8.48. The van der Waals surface area contributed by atoms with E-state index >= 15 is 0 Å². The van der Waals surface area contributed by atoms with Gasteiger partial charge in [-0.1, -0.05) is 56.5 Å². The van der Waals surface area contributed by atoms with Gasteiger partial charge in [0.05, 0.1) is 16.3 Å². The zero-order chi connectivity index (χ0) is 40.2. The number of aryl methyl sites for hydroxylation is 1. The molecular weight excluding hydrogens is 747 g/mol. The minimum absolute atomic E-state index is 0.00639. The summed E-state index contributed by atoms with van der Waals surface area (Å²) in [7, 11) is -7.81. The predicted octanol–water partition coefficient (Wildman–Crippen LogP) is 4.85. The summed E-state index contributed by atoms with van der Waals surface area (Å²) in [6.07, 6.45) is 9.09. The van der Waals surface area contributed by atoms with Gasteiger partial charge in [0.1, 0.15) is 0 Å². The van der Waals surface area contributed by atoms with E-state index in [0.29, 0.717) is 37.4 Å². The van der Waals surface area contributed by atoms with Crippen LogP contribution in [-0.4, -0.2) is 83.0 Å². The van der Waals surface area contributed by atoms with E-state index in [1.807, 2.05) is 25.5 Å². The lowest BCUT2D eigenvalue weighted by Gasteiger charge is -2.26. The smallest absolute Gasteiger partial charge is 0.337 e. The molecule has 1 saturated heterocycles. The molecule has 15 nitrogen and oxygen atoms in total. The number of benzene rings is 2. The largest absolute Gasteiger partial charge is 0.343 e. The molecule has 0 aromatic heterocycles. The van der Waals surface area contributed by atoms with Crippen molar-refractivity contribution in [2.75, 3.05) is 26.2 Å². The number of urea groups is 3. The average molecular weight is 802 g/mol. The van der Waals surface area contributed by atoms with Gasteiger partial charge in [0.25, 0.3) is 26.0 Å². The SMILES string of the molecule is CCC1=C(C)CN(C(=O)NCCc2ccc(S(=O)(=O)NC(=O)NC3CCC(C)CC3)cc2)C1=O.Cc1ccc(S(=O)(=O)NC(=O)NN2CCCCCC2)cc1. The Morgan fingerprint density at radius 1 is 0.764 bits per heavy atom. The van der Waals surface area contributed by atoms with Crippen molar-refractivity contribution in [3.05, 3.63) is 70.8 Å². The van der Waals surface area contributed by atoms with Crippen LogP contribution in [0.3, 0.4) is 0 Å². The highest BCUT2D eigenvalue weighted by Gasteiger charge is 2.31. The molecule has 0 atom stereocenters. The number of carbonyl (C=O) groups is 4. The van der Waals surface area contributed by atoms with Gasteiger partial charge in [0.15, 0.2) is 0 Å². The van der Waals surface area contributed by atoms with Gasteiger partial charge in [-0.15, -0.1) is 0 Å². The van der Waals surface area contributed by atoms with E-state index < -0.39 is 38.1 Å². The minimum atomic E-state index is -3.98. The van der Waals surface area contributed by atoms with E-state index in [1.54, 1.807) is 29.3 Å². The highest BCUT2D eigenvalue weighted by atomic mass is 32.2. The van der Waals surface area contributed by atoms with Crippen molar-refractivity contribution in [2.45, 2.75) is 108 Å².